The molecular weight excluding hydrogens is 286 g/mol. The largest absolute Gasteiger partial charge is 0.478 e. The molecule has 0 aliphatic carbocycles. The third-order valence-electron chi connectivity index (χ3n) is 2.13. The molecule has 0 fully saturated rings. The van der Waals surface area contributed by atoms with Gasteiger partial charge < -0.3 is 10.0 Å². The van der Waals surface area contributed by atoms with Crippen LogP contribution in [0.5, 0.6) is 0 Å². The van der Waals surface area contributed by atoms with E-state index in [9.17, 15) is 4.79 Å². The van der Waals surface area contributed by atoms with E-state index in [4.69, 9.17) is 22.6 Å². The quantitative estimate of drug-likeness (QED) is 0.539. The van der Waals surface area contributed by atoms with Crippen molar-refractivity contribution in [2.75, 3.05) is 14.1 Å². The minimum atomic E-state index is -4.67. The van der Waals surface area contributed by atoms with Crippen LogP contribution in [0.2, 0.25) is 0 Å². The molecule has 0 bridgehead atoms. The lowest BCUT2D eigenvalue weighted by Gasteiger charge is -2.17. The fourth-order valence-corrected chi connectivity index (χ4v) is 1.04. The number of nitrogens with zero attached hydrogens (tertiary/aromatic N) is 1. The van der Waals surface area contributed by atoms with Crippen LogP contribution in [0.1, 0.15) is 47.0 Å². The molecule has 7 nitrogen and oxygen atoms in total. The Bertz CT molecular complexity index is 377. The van der Waals surface area contributed by atoms with Crippen LogP contribution in [-0.2, 0) is 15.2 Å². The summed E-state index contributed by atoms with van der Waals surface area (Å²) in [5.74, 6) is -0.837. The van der Waals surface area contributed by atoms with E-state index in [1.54, 1.807) is 6.92 Å². The van der Waals surface area contributed by atoms with Gasteiger partial charge in [-0.2, -0.15) is 8.42 Å². The second-order valence-electron chi connectivity index (χ2n) is 4.07. The van der Waals surface area contributed by atoms with Crippen molar-refractivity contribution >= 4 is 16.4 Å². The number of carboxylic acid groups (broad SMARTS) is 1. The summed E-state index contributed by atoms with van der Waals surface area (Å²) in [4.78, 5) is 12.4. The van der Waals surface area contributed by atoms with Crippen LogP contribution in [-0.4, -0.2) is 47.6 Å². The normalized spacial score (nSPS) is 11.2. The molecule has 8 heteroatoms. The van der Waals surface area contributed by atoms with Gasteiger partial charge in [-0.05, 0) is 13.3 Å². The summed E-state index contributed by atoms with van der Waals surface area (Å²) >= 11 is 0. The Kier molecular flexibility index (Phi) is 15.4. The summed E-state index contributed by atoms with van der Waals surface area (Å²) in [6.45, 7) is 7.93. The standard InChI is InChI=1S/C8H15NO2.C4H10.H2O4S/c1-5-7(9(3)4)6(2)8(10)11;1-3-4-2;1-5(2,3)4/h5H2,1-4H3,(H,10,11);3-4H2,1-2H3;(H2,1,2,3,4)/b7-6+;;. The Balaban J connectivity index is -0.000000266. The minimum absolute atomic E-state index is 0.428. The molecule has 122 valence electrons. The van der Waals surface area contributed by atoms with Crippen molar-refractivity contribution in [2.24, 2.45) is 0 Å². The Morgan fingerprint density at radius 3 is 1.40 bits per heavy atom. The van der Waals surface area contributed by atoms with Crippen LogP contribution in [0, 0.1) is 0 Å². The first kappa shape index (κ1) is 23.9. The summed E-state index contributed by atoms with van der Waals surface area (Å²) < 4.78 is 31.6. The van der Waals surface area contributed by atoms with Crippen molar-refractivity contribution in [1.82, 2.24) is 4.90 Å². The average Bonchev–Trinajstić information content (AvgIpc) is 2.27. The predicted octanol–water partition coefficient (Wildman–Crippen LogP) is 2.47. The fourth-order valence-electron chi connectivity index (χ4n) is 1.04. The monoisotopic (exact) mass is 313 g/mol. The van der Waals surface area contributed by atoms with Crippen LogP contribution >= 0.6 is 0 Å². The van der Waals surface area contributed by atoms with Crippen molar-refractivity contribution in [3.8, 4) is 0 Å². The lowest BCUT2D eigenvalue weighted by Crippen LogP contribution is -2.15. The number of allylic oxidation sites excluding steroid dienone is 1. The van der Waals surface area contributed by atoms with Gasteiger partial charge in [-0.25, -0.2) is 4.79 Å². The van der Waals surface area contributed by atoms with E-state index in [1.165, 1.54) is 12.8 Å². The maximum absolute atomic E-state index is 10.5. The first-order chi connectivity index (χ1) is 8.92. The Morgan fingerprint density at radius 1 is 1.05 bits per heavy atom. The van der Waals surface area contributed by atoms with Gasteiger partial charge in [-0.3, -0.25) is 9.11 Å². The molecule has 0 heterocycles. The Morgan fingerprint density at radius 2 is 1.35 bits per heavy atom. The molecular formula is C12H27NO6S. The third-order valence-corrected chi connectivity index (χ3v) is 2.13. The van der Waals surface area contributed by atoms with Crippen LogP contribution in [0.15, 0.2) is 11.3 Å². The molecule has 0 atom stereocenters. The fraction of sp³-hybridized carbons (Fsp3) is 0.750. The molecule has 0 rings (SSSR count). The number of unbranched alkanes of at least 4 members (excludes halogenated alkanes) is 1. The van der Waals surface area contributed by atoms with Crippen LogP contribution in [0.3, 0.4) is 0 Å². The van der Waals surface area contributed by atoms with Gasteiger partial charge in [0.1, 0.15) is 0 Å². The molecule has 0 aliphatic heterocycles. The molecule has 0 spiro atoms. The molecule has 0 aromatic heterocycles. The second kappa shape index (κ2) is 12.9. The van der Waals surface area contributed by atoms with Gasteiger partial charge in [0.25, 0.3) is 0 Å². The number of rotatable bonds is 4. The lowest BCUT2D eigenvalue weighted by atomic mass is 10.2. The second-order valence-corrected chi connectivity index (χ2v) is 4.97. The van der Waals surface area contributed by atoms with E-state index in [2.05, 4.69) is 13.8 Å². The first-order valence-corrected chi connectivity index (χ1v) is 7.62. The highest BCUT2D eigenvalue weighted by molar-refractivity contribution is 7.79. The van der Waals surface area contributed by atoms with E-state index in [0.717, 1.165) is 12.1 Å². The van der Waals surface area contributed by atoms with Gasteiger partial charge in [0, 0.05) is 19.8 Å². The van der Waals surface area contributed by atoms with E-state index in [-0.39, 0.29) is 0 Å². The van der Waals surface area contributed by atoms with Gasteiger partial charge in [0.15, 0.2) is 0 Å². The smallest absolute Gasteiger partial charge is 0.394 e. The molecule has 0 aromatic rings. The highest BCUT2D eigenvalue weighted by atomic mass is 32.3. The molecule has 0 aliphatic rings. The molecule has 0 unspecified atom stereocenters. The van der Waals surface area contributed by atoms with Crippen LogP contribution in [0.4, 0.5) is 0 Å². The molecule has 0 saturated heterocycles. The maximum atomic E-state index is 10.5. The van der Waals surface area contributed by atoms with Gasteiger partial charge >= 0.3 is 16.4 Å². The van der Waals surface area contributed by atoms with E-state index in [0.29, 0.717) is 5.57 Å². The Labute approximate surface area is 121 Å². The zero-order valence-corrected chi connectivity index (χ0v) is 13.9. The number of hydrogen-bond donors (Lipinski definition) is 3. The molecule has 20 heavy (non-hydrogen) atoms. The molecule has 3 N–H and O–H groups in total. The van der Waals surface area contributed by atoms with Crippen molar-refractivity contribution in [2.45, 2.75) is 47.0 Å². The van der Waals surface area contributed by atoms with Crippen LogP contribution < -0.4 is 0 Å². The lowest BCUT2D eigenvalue weighted by molar-refractivity contribution is -0.132. The molecule has 0 aromatic carbocycles. The van der Waals surface area contributed by atoms with E-state index < -0.39 is 16.4 Å². The van der Waals surface area contributed by atoms with E-state index in [1.807, 2.05) is 25.9 Å². The first-order valence-electron chi connectivity index (χ1n) is 6.22. The summed E-state index contributed by atoms with van der Waals surface area (Å²) in [5.41, 5.74) is 1.30. The van der Waals surface area contributed by atoms with Crippen molar-refractivity contribution < 1.29 is 27.4 Å². The highest BCUT2D eigenvalue weighted by Crippen LogP contribution is 2.10. The predicted molar refractivity (Wildman–Crippen MR) is 79.1 cm³/mol. The molecule has 0 amide bonds. The van der Waals surface area contributed by atoms with E-state index >= 15 is 0 Å². The topological polar surface area (TPSA) is 115 Å². The number of carboxylic acids is 1. The minimum Gasteiger partial charge on any atom is -0.478 e. The van der Waals surface area contributed by atoms with Crippen molar-refractivity contribution in [3.05, 3.63) is 11.3 Å². The number of carbonyl (C=O) groups is 1. The summed E-state index contributed by atoms with van der Waals surface area (Å²) in [7, 11) is -0.962. The van der Waals surface area contributed by atoms with Crippen molar-refractivity contribution in [3.63, 3.8) is 0 Å². The number of aliphatic carboxylic acids is 1. The van der Waals surface area contributed by atoms with Crippen molar-refractivity contribution in [1.29, 1.82) is 0 Å². The average molecular weight is 313 g/mol. The van der Waals surface area contributed by atoms with Gasteiger partial charge in [0.2, 0.25) is 0 Å². The van der Waals surface area contributed by atoms with Crippen LogP contribution in [0.25, 0.3) is 0 Å². The molecule has 0 saturated carbocycles. The van der Waals surface area contributed by atoms with Gasteiger partial charge in [-0.1, -0.05) is 33.6 Å². The van der Waals surface area contributed by atoms with Gasteiger partial charge in [0.05, 0.1) is 5.57 Å². The molecule has 0 radical (unpaired) electrons. The summed E-state index contributed by atoms with van der Waals surface area (Å²) in [6, 6.07) is 0. The zero-order chi connectivity index (χ0) is 16.9. The number of hydrogen-bond acceptors (Lipinski definition) is 4. The summed E-state index contributed by atoms with van der Waals surface area (Å²) in [6.07, 6.45) is 3.39. The highest BCUT2D eigenvalue weighted by Gasteiger charge is 2.08. The summed E-state index contributed by atoms with van der Waals surface area (Å²) in [5, 5.41) is 8.65. The Hall–Kier alpha value is -1.12. The third kappa shape index (κ3) is 22.1. The van der Waals surface area contributed by atoms with Gasteiger partial charge in [-0.15, -0.1) is 0 Å². The zero-order valence-electron chi connectivity index (χ0n) is 13.0. The SMILES string of the molecule is CC/C(=C(/C)C(=O)O)N(C)C.CCCC.O=S(=O)(O)O. The maximum Gasteiger partial charge on any atom is 0.394 e.